The van der Waals surface area contributed by atoms with Crippen molar-refractivity contribution < 1.29 is 17.9 Å². The van der Waals surface area contributed by atoms with Crippen molar-refractivity contribution in [2.75, 3.05) is 26.3 Å². The number of benzene rings is 1. The third-order valence-corrected chi connectivity index (χ3v) is 6.82. The SMILES string of the molecule is CC(NC(=O)c1cc(S(=O)(=O)N2CCOCC2)c[nH]1)c1ncc(-c2ccccc2)[nH]1. The monoisotopic (exact) mass is 429 g/mol. The Morgan fingerprint density at radius 3 is 2.70 bits per heavy atom. The van der Waals surface area contributed by atoms with Gasteiger partial charge in [-0.2, -0.15) is 4.31 Å². The molecule has 10 heteroatoms. The standard InChI is InChI=1S/C20H23N5O4S/c1-14(19-22-13-18(24-19)15-5-3-2-4-6-15)23-20(26)17-11-16(12-21-17)30(27,28)25-7-9-29-10-8-25/h2-6,11-14,21H,7-10H2,1H3,(H,22,24)(H,23,26). The Balaban J connectivity index is 1.44. The molecule has 1 unspecified atom stereocenters. The molecule has 1 atom stereocenters. The summed E-state index contributed by atoms with van der Waals surface area (Å²) in [6.45, 7) is 3.13. The largest absolute Gasteiger partial charge is 0.379 e. The molecule has 0 radical (unpaired) electrons. The number of carbonyl (C=O) groups is 1. The molecule has 3 heterocycles. The quantitative estimate of drug-likeness (QED) is 0.553. The molecule has 4 rings (SSSR count). The number of nitrogens with one attached hydrogen (secondary N) is 3. The van der Waals surface area contributed by atoms with E-state index in [4.69, 9.17) is 4.74 Å². The lowest BCUT2D eigenvalue weighted by atomic mass is 10.2. The number of H-pyrrole nitrogens is 2. The Hall–Kier alpha value is -2.95. The van der Waals surface area contributed by atoms with Crippen LogP contribution in [0.1, 0.15) is 29.3 Å². The molecule has 1 saturated heterocycles. The minimum atomic E-state index is -3.66. The van der Waals surface area contributed by atoms with Gasteiger partial charge in [-0.15, -0.1) is 0 Å². The average molecular weight is 430 g/mol. The molecule has 158 valence electrons. The summed E-state index contributed by atoms with van der Waals surface area (Å²) < 4.78 is 32.0. The topological polar surface area (TPSA) is 120 Å². The minimum absolute atomic E-state index is 0.0616. The van der Waals surface area contributed by atoms with Crippen molar-refractivity contribution in [1.82, 2.24) is 24.6 Å². The van der Waals surface area contributed by atoms with Crippen LogP contribution in [0.3, 0.4) is 0 Å². The number of hydrogen-bond donors (Lipinski definition) is 3. The normalized spacial score (nSPS) is 16.3. The number of amides is 1. The first-order chi connectivity index (χ1) is 14.4. The molecule has 3 aromatic rings. The molecule has 0 bridgehead atoms. The van der Waals surface area contributed by atoms with E-state index in [1.807, 2.05) is 30.3 Å². The maximum absolute atomic E-state index is 12.7. The molecule has 2 aromatic heterocycles. The van der Waals surface area contributed by atoms with Gasteiger partial charge in [0, 0.05) is 19.3 Å². The van der Waals surface area contributed by atoms with Crippen LogP contribution in [0.25, 0.3) is 11.3 Å². The average Bonchev–Trinajstić information content (AvgIpc) is 3.46. The maximum Gasteiger partial charge on any atom is 0.268 e. The third kappa shape index (κ3) is 4.16. The maximum atomic E-state index is 12.7. The Labute approximate surface area is 174 Å². The van der Waals surface area contributed by atoms with Gasteiger partial charge in [-0.1, -0.05) is 30.3 Å². The van der Waals surface area contributed by atoms with E-state index in [2.05, 4.69) is 20.3 Å². The number of nitrogens with zero attached hydrogens (tertiary/aromatic N) is 2. The van der Waals surface area contributed by atoms with Gasteiger partial charge in [0.1, 0.15) is 16.4 Å². The van der Waals surface area contributed by atoms with E-state index in [1.165, 1.54) is 16.6 Å². The second-order valence-corrected chi connectivity index (χ2v) is 8.95. The van der Waals surface area contributed by atoms with Gasteiger partial charge < -0.3 is 20.0 Å². The number of sulfonamides is 1. The fraction of sp³-hybridized carbons (Fsp3) is 0.300. The summed E-state index contributed by atoms with van der Waals surface area (Å²) in [5, 5.41) is 2.83. The van der Waals surface area contributed by atoms with Gasteiger partial charge in [0.05, 0.1) is 31.1 Å². The van der Waals surface area contributed by atoms with Crippen LogP contribution < -0.4 is 5.32 Å². The molecule has 1 aliphatic rings. The van der Waals surface area contributed by atoms with Crippen molar-refractivity contribution in [3.63, 3.8) is 0 Å². The van der Waals surface area contributed by atoms with Crippen molar-refractivity contribution in [3.8, 4) is 11.3 Å². The molecule has 0 spiro atoms. The lowest BCUT2D eigenvalue weighted by molar-refractivity contribution is 0.0730. The highest BCUT2D eigenvalue weighted by atomic mass is 32.2. The lowest BCUT2D eigenvalue weighted by Crippen LogP contribution is -2.40. The van der Waals surface area contributed by atoms with Gasteiger partial charge in [0.25, 0.3) is 5.91 Å². The van der Waals surface area contributed by atoms with E-state index in [0.29, 0.717) is 32.1 Å². The van der Waals surface area contributed by atoms with E-state index >= 15 is 0 Å². The second-order valence-electron chi connectivity index (χ2n) is 7.01. The van der Waals surface area contributed by atoms with Gasteiger partial charge in [-0.05, 0) is 18.6 Å². The van der Waals surface area contributed by atoms with Crippen LogP contribution in [-0.4, -0.2) is 59.9 Å². The molecule has 1 amide bonds. The number of aromatic nitrogens is 3. The summed E-state index contributed by atoms with van der Waals surface area (Å²) in [6, 6.07) is 10.7. The fourth-order valence-corrected chi connectivity index (χ4v) is 4.66. The number of rotatable bonds is 6. The molecule has 0 saturated carbocycles. The first-order valence-electron chi connectivity index (χ1n) is 9.62. The van der Waals surface area contributed by atoms with E-state index < -0.39 is 22.0 Å². The van der Waals surface area contributed by atoms with Crippen LogP contribution in [0, 0.1) is 0 Å². The van der Waals surface area contributed by atoms with Gasteiger partial charge in [-0.3, -0.25) is 4.79 Å². The van der Waals surface area contributed by atoms with Crippen molar-refractivity contribution >= 4 is 15.9 Å². The zero-order valence-electron chi connectivity index (χ0n) is 16.5. The van der Waals surface area contributed by atoms with Crippen LogP contribution >= 0.6 is 0 Å². The fourth-order valence-electron chi connectivity index (χ4n) is 3.25. The molecule has 3 N–H and O–H groups in total. The van der Waals surface area contributed by atoms with Crippen LogP contribution in [0.15, 0.2) is 53.7 Å². The van der Waals surface area contributed by atoms with Crippen molar-refractivity contribution in [2.24, 2.45) is 0 Å². The number of aromatic amines is 2. The predicted molar refractivity (Wildman–Crippen MR) is 110 cm³/mol. The second kappa shape index (κ2) is 8.42. The van der Waals surface area contributed by atoms with Crippen LogP contribution in [0.2, 0.25) is 0 Å². The smallest absolute Gasteiger partial charge is 0.268 e. The molecule has 0 aliphatic carbocycles. The summed E-state index contributed by atoms with van der Waals surface area (Å²) in [5.41, 5.74) is 2.02. The van der Waals surface area contributed by atoms with E-state index in [9.17, 15) is 13.2 Å². The summed E-state index contributed by atoms with van der Waals surface area (Å²) in [4.78, 5) is 23.0. The van der Waals surface area contributed by atoms with Crippen molar-refractivity contribution in [1.29, 1.82) is 0 Å². The van der Waals surface area contributed by atoms with Crippen LogP contribution in [0.4, 0.5) is 0 Å². The zero-order chi connectivity index (χ0) is 21.1. The summed E-state index contributed by atoms with van der Waals surface area (Å²) in [7, 11) is -3.66. The molecule has 1 aliphatic heterocycles. The molecule has 1 fully saturated rings. The number of imidazole rings is 1. The minimum Gasteiger partial charge on any atom is -0.379 e. The Morgan fingerprint density at radius 1 is 1.23 bits per heavy atom. The van der Waals surface area contributed by atoms with Gasteiger partial charge in [0.15, 0.2) is 0 Å². The summed E-state index contributed by atoms with van der Waals surface area (Å²) >= 11 is 0. The number of morpholine rings is 1. The Kier molecular flexibility index (Phi) is 5.71. The van der Waals surface area contributed by atoms with Gasteiger partial charge >= 0.3 is 0 Å². The first kappa shape index (κ1) is 20.3. The first-order valence-corrected chi connectivity index (χ1v) is 11.1. The van der Waals surface area contributed by atoms with Crippen molar-refractivity contribution in [3.05, 3.63) is 60.3 Å². The molecule has 30 heavy (non-hydrogen) atoms. The summed E-state index contributed by atoms with van der Waals surface area (Å²) in [6.07, 6.45) is 3.06. The highest BCUT2D eigenvalue weighted by Crippen LogP contribution is 2.20. The lowest BCUT2D eigenvalue weighted by Gasteiger charge is -2.25. The molecular formula is C20H23N5O4S. The summed E-state index contributed by atoms with van der Waals surface area (Å²) in [5.74, 6) is 0.193. The number of carbonyl (C=O) groups excluding carboxylic acids is 1. The molecular weight excluding hydrogens is 406 g/mol. The van der Waals surface area contributed by atoms with E-state index in [0.717, 1.165) is 11.3 Å². The predicted octanol–water partition coefficient (Wildman–Crippen LogP) is 1.92. The Morgan fingerprint density at radius 2 is 1.97 bits per heavy atom. The van der Waals surface area contributed by atoms with Crippen LogP contribution in [-0.2, 0) is 14.8 Å². The van der Waals surface area contributed by atoms with Crippen LogP contribution in [0.5, 0.6) is 0 Å². The number of ether oxygens (including phenoxy) is 1. The number of hydrogen-bond acceptors (Lipinski definition) is 5. The van der Waals surface area contributed by atoms with E-state index in [-0.39, 0.29) is 10.6 Å². The highest BCUT2D eigenvalue weighted by Gasteiger charge is 2.28. The molecule has 9 nitrogen and oxygen atoms in total. The highest BCUT2D eigenvalue weighted by molar-refractivity contribution is 7.89. The Bertz CT molecular complexity index is 1120. The molecule has 1 aromatic carbocycles. The third-order valence-electron chi connectivity index (χ3n) is 4.95. The van der Waals surface area contributed by atoms with Gasteiger partial charge in [-0.25, -0.2) is 13.4 Å². The van der Waals surface area contributed by atoms with E-state index in [1.54, 1.807) is 13.1 Å². The zero-order valence-corrected chi connectivity index (χ0v) is 17.3. The van der Waals surface area contributed by atoms with Crippen molar-refractivity contribution in [2.45, 2.75) is 17.9 Å². The van der Waals surface area contributed by atoms with Gasteiger partial charge in [0.2, 0.25) is 10.0 Å².